The van der Waals surface area contributed by atoms with Gasteiger partial charge in [0, 0.05) is 6.42 Å². The van der Waals surface area contributed by atoms with E-state index in [0.717, 1.165) is 0 Å². The molecule has 0 saturated carbocycles. The minimum Gasteiger partial charge on any atom is -0.464 e. The Bertz CT molecular complexity index is 606. The highest BCUT2D eigenvalue weighted by atomic mass is 16.5. The van der Waals surface area contributed by atoms with Crippen molar-refractivity contribution in [3.8, 4) is 0 Å². The zero-order chi connectivity index (χ0) is 15.1. The van der Waals surface area contributed by atoms with Crippen molar-refractivity contribution in [3.05, 3.63) is 53.7 Å². The predicted octanol–water partition coefficient (Wildman–Crippen LogP) is 2.25. The van der Waals surface area contributed by atoms with Gasteiger partial charge in [0.25, 0.3) is 0 Å². The molecule has 0 amide bonds. The van der Waals surface area contributed by atoms with Crippen LogP contribution in [0.2, 0.25) is 0 Å². The molecule has 6 nitrogen and oxygen atoms in total. The van der Waals surface area contributed by atoms with Crippen LogP contribution in [-0.4, -0.2) is 30.6 Å². The molecule has 0 bridgehead atoms. The third-order valence-corrected chi connectivity index (χ3v) is 2.72. The molecule has 2 rings (SSSR count). The van der Waals surface area contributed by atoms with Crippen molar-refractivity contribution in [2.24, 2.45) is 0 Å². The maximum absolute atomic E-state index is 11.7. The number of carbonyl (C=O) groups excluding carboxylic acids is 2. The maximum Gasteiger partial charge on any atom is 0.360 e. The fourth-order valence-corrected chi connectivity index (χ4v) is 1.67. The van der Waals surface area contributed by atoms with E-state index < -0.39 is 5.97 Å². The van der Waals surface area contributed by atoms with Crippen LogP contribution in [0.4, 0.5) is 0 Å². The van der Waals surface area contributed by atoms with Gasteiger partial charge in [-0.3, -0.25) is 0 Å². The van der Waals surface area contributed by atoms with Gasteiger partial charge >= 0.3 is 11.9 Å². The van der Waals surface area contributed by atoms with Crippen LogP contribution >= 0.6 is 0 Å². The summed E-state index contributed by atoms with van der Waals surface area (Å²) in [6.07, 6.45) is 2.27. The first kappa shape index (κ1) is 14.8. The summed E-state index contributed by atoms with van der Waals surface area (Å²) >= 11 is 0. The number of methoxy groups -OCH3 is 1. The molecular formula is C15H15NO5. The number of carbonyl (C=O) groups is 2. The van der Waals surface area contributed by atoms with Crippen molar-refractivity contribution in [1.82, 2.24) is 4.98 Å². The van der Waals surface area contributed by atoms with E-state index in [-0.39, 0.29) is 18.3 Å². The molecule has 2 aromatic rings. The number of hydrogen-bond acceptors (Lipinski definition) is 6. The first-order chi connectivity index (χ1) is 10.2. The van der Waals surface area contributed by atoms with Crippen molar-refractivity contribution in [2.45, 2.75) is 12.8 Å². The molecule has 1 aromatic carbocycles. The molecule has 6 heteroatoms. The quantitative estimate of drug-likeness (QED) is 0.599. The topological polar surface area (TPSA) is 78.6 Å². The van der Waals surface area contributed by atoms with E-state index in [1.54, 1.807) is 24.3 Å². The Labute approximate surface area is 121 Å². The largest absolute Gasteiger partial charge is 0.464 e. The van der Waals surface area contributed by atoms with Crippen molar-refractivity contribution in [2.75, 3.05) is 13.7 Å². The smallest absolute Gasteiger partial charge is 0.360 e. The van der Waals surface area contributed by atoms with E-state index in [0.29, 0.717) is 24.3 Å². The summed E-state index contributed by atoms with van der Waals surface area (Å²) in [7, 11) is 1.28. The van der Waals surface area contributed by atoms with Crippen molar-refractivity contribution < 1.29 is 23.5 Å². The Morgan fingerprint density at radius 3 is 2.67 bits per heavy atom. The number of rotatable bonds is 6. The van der Waals surface area contributed by atoms with Crippen LogP contribution in [0.5, 0.6) is 0 Å². The molecule has 0 aliphatic carbocycles. The summed E-state index contributed by atoms with van der Waals surface area (Å²) in [4.78, 5) is 26.8. The van der Waals surface area contributed by atoms with Gasteiger partial charge in [-0.05, 0) is 18.6 Å². The Balaban J connectivity index is 1.74. The lowest BCUT2D eigenvalue weighted by Crippen LogP contribution is -2.07. The minimum atomic E-state index is -0.541. The lowest BCUT2D eigenvalue weighted by Gasteiger charge is -2.03. The molecule has 0 aliphatic rings. The number of aryl methyl sites for hydroxylation is 1. The van der Waals surface area contributed by atoms with Gasteiger partial charge in [-0.25, -0.2) is 14.6 Å². The third-order valence-electron chi connectivity index (χ3n) is 2.72. The van der Waals surface area contributed by atoms with Gasteiger partial charge in [-0.1, -0.05) is 18.2 Å². The lowest BCUT2D eigenvalue weighted by atomic mass is 10.2. The van der Waals surface area contributed by atoms with E-state index in [9.17, 15) is 9.59 Å². The molecule has 0 atom stereocenters. The van der Waals surface area contributed by atoms with E-state index >= 15 is 0 Å². The van der Waals surface area contributed by atoms with E-state index in [1.807, 2.05) is 6.07 Å². The Morgan fingerprint density at radius 1 is 1.19 bits per heavy atom. The molecule has 0 fully saturated rings. The number of esters is 2. The van der Waals surface area contributed by atoms with Crippen molar-refractivity contribution in [3.63, 3.8) is 0 Å². The van der Waals surface area contributed by atoms with Gasteiger partial charge in [0.05, 0.1) is 19.3 Å². The van der Waals surface area contributed by atoms with Gasteiger partial charge in [0.2, 0.25) is 0 Å². The van der Waals surface area contributed by atoms with Crippen LogP contribution in [-0.2, 0) is 15.9 Å². The van der Waals surface area contributed by atoms with Crippen LogP contribution in [0, 0.1) is 0 Å². The second-order valence-corrected chi connectivity index (χ2v) is 4.22. The Hall–Kier alpha value is -2.63. The SMILES string of the molecule is COC(=O)c1coc(CCCOC(=O)c2ccccc2)n1. The van der Waals surface area contributed by atoms with Gasteiger partial charge in [0.15, 0.2) is 11.6 Å². The molecular weight excluding hydrogens is 274 g/mol. The molecule has 21 heavy (non-hydrogen) atoms. The van der Waals surface area contributed by atoms with E-state index in [1.165, 1.54) is 13.4 Å². The van der Waals surface area contributed by atoms with Crippen LogP contribution in [0.25, 0.3) is 0 Å². The van der Waals surface area contributed by atoms with Crippen LogP contribution in [0.3, 0.4) is 0 Å². The zero-order valence-electron chi connectivity index (χ0n) is 11.6. The van der Waals surface area contributed by atoms with Crippen molar-refractivity contribution in [1.29, 1.82) is 0 Å². The zero-order valence-corrected chi connectivity index (χ0v) is 11.6. The summed E-state index contributed by atoms with van der Waals surface area (Å²) < 4.78 is 14.8. The fourth-order valence-electron chi connectivity index (χ4n) is 1.67. The highest BCUT2D eigenvalue weighted by Crippen LogP contribution is 2.07. The molecule has 0 N–H and O–H groups in total. The number of aromatic nitrogens is 1. The second kappa shape index (κ2) is 7.23. The maximum atomic E-state index is 11.7. The third kappa shape index (κ3) is 4.17. The molecule has 1 aromatic heterocycles. The summed E-state index contributed by atoms with van der Waals surface area (Å²) in [6.45, 7) is 0.254. The molecule has 0 unspecified atom stereocenters. The molecule has 1 heterocycles. The van der Waals surface area contributed by atoms with E-state index in [2.05, 4.69) is 9.72 Å². The minimum absolute atomic E-state index is 0.133. The molecule has 0 radical (unpaired) electrons. The number of oxazole rings is 1. The molecule has 0 saturated heterocycles. The van der Waals surface area contributed by atoms with Gasteiger partial charge in [0.1, 0.15) is 6.26 Å². The number of nitrogens with zero attached hydrogens (tertiary/aromatic N) is 1. The second-order valence-electron chi connectivity index (χ2n) is 4.22. The monoisotopic (exact) mass is 289 g/mol. The normalized spacial score (nSPS) is 10.1. The van der Waals surface area contributed by atoms with Crippen LogP contribution in [0.1, 0.15) is 33.2 Å². The Kier molecular flexibility index (Phi) is 5.09. The number of hydrogen-bond donors (Lipinski definition) is 0. The van der Waals surface area contributed by atoms with Gasteiger partial charge < -0.3 is 13.9 Å². The Morgan fingerprint density at radius 2 is 1.95 bits per heavy atom. The molecule has 0 spiro atoms. The van der Waals surface area contributed by atoms with E-state index in [4.69, 9.17) is 9.15 Å². The summed E-state index contributed by atoms with van der Waals surface area (Å²) in [6, 6.07) is 8.77. The first-order valence-electron chi connectivity index (χ1n) is 6.45. The first-order valence-corrected chi connectivity index (χ1v) is 6.45. The average Bonchev–Trinajstić information content (AvgIpc) is 3.00. The average molecular weight is 289 g/mol. The van der Waals surface area contributed by atoms with Gasteiger partial charge in [-0.15, -0.1) is 0 Å². The predicted molar refractivity (Wildman–Crippen MR) is 72.9 cm³/mol. The summed E-state index contributed by atoms with van der Waals surface area (Å²) in [5.74, 6) is -0.495. The van der Waals surface area contributed by atoms with Crippen molar-refractivity contribution >= 4 is 11.9 Å². The number of benzene rings is 1. The highest BCUT2D eigenvalue weighted by Gasteiger charge is 2.12. The van der Waals surface area contributed by atoms with Crippen LogP contribution < -0.4 is 0 Å². The summed E-state index contributed by atoms with van der Waals surface area (Å²) in [5.41, 5.74) is 0.649. The highest BCUT2D eigenvalue weighted by molar-refractivity contribution is 5.89. The summed E-state index contributed by atoms with van der Waals surface area (Å²) in [5, 5.41) is 0. The molecule has 110 valence electrons. The lowest BCUT2D eigenvalue weighted by molar-refractivity contribution is 0.0498. The van der Waals surface area contributed by atoms with Gasteiger partial charge in [-0.2, -0.15) is 0 Å². The number of ether oxygens (including phenoxy) is 2. The molecule has 0 aliphatic heterocycles. The standard InChI is InChI=1S/C15H15NO5/c1-19-15(18)12-10-21-13(16-12)8-5-9-20-14(17)11-6-3-2-4-7-11/h2-4,6-7,10H,5,8-9H2,1H3. The van der Waals surface area contributed by atoms with Crippen LogP contribution in [0.15, 0.2) is 41.0 Å². The fraction of sp³-hybridized carbons (Fsp3) is 0.267.